The van der Waals surface area contributed by atoms with Crippen molar-refractivity contribution in [3.05, 3.63) is 90.5 Å². The highest BCUT2D eigenvalue weighted by atomic mass is 32.1. The average molecular weight is 461 g/mol. The first-order chi connectivity index (χ1) is 16.0. The number of hydrogen-bond donors (Lipinski definition) is 1. The summed E-state index contributed by atoms with van der Waals surface area (Å²) in [5.41, 5.74) is 2.74. The first kappa shape index (κ1) is 21.0. The third kappa shape index (κ3) is 4.65. The van der Waals surface area contributed by atoms with Gasteiger partial charge in [-0.05, 0) is 48.5 Å². The number of halogens is 2. The van der Waals surface area contributed by atoms with Crippen molar-refractivity contribution in [2.45, 2.75) is 12.8 Å². The van der Waals surface area contributed by atoms with Crippen LogP contribution in [0.15, 0.2) is 77.3 Å². The number of nitrogens with zero attached hydrogens (tertiary/aromatic N) is 2. The number of thiazole rings is 1. The number of benzene rings is 3. The van der Waals surface area contributed by atoms with E-state index in [2.05, 4.69) is 15.3 Å². The molecular formula is C25H17F2N3O2S. The molecule has 1 amide bonds. The van der Waals surface area contributed by atoms with E-state index in [0.717, 1.165) is 32.9 Å². The maximum Gasteiger partial charge on any atom is 0.224 e. The highest BCUT2D eigenvalue weighted by molar-refractivity contribution is 7.21. The second kappa shape index (κ2) is 8.91. The standard InChI is InChI=1S/C25H17F2N3O2S/c26-16-7-10-18(19(27)13-16)21-14-28-24(32-21)12-11-23(31)29-17-8-5-15(6-9-17)25-30-20-3-1-2-4-22(20)33-25/h1-10,13-14H,11-12H2,(H,29,31). The van der Waals surface area contributed by atoms with Crippen LogP contribution in [0.5, 0.6) is 0 Å². The summed E-state index contributed by atoms with van der Waals surface area (Å²) in [6.07, 6.45) is 1.76. The summed E-state index contributed by atoms with van der Waals surface area (Å²) in [6.45, 7) is 0. The number of nitrogens with one attached hydrogen (secondary N) is 1. The van der Waals surface area contributed by atoms with E-state index in [0.29, 0.717) is 11.6 Å². The molecule has 33 heavy (non-hydrogen) atoms. The molecule has 3 aromatic carbocycles. The second-order valence-corrected chi connectivity index (χ2v) is 8.39. The molecule has 2 aromatic heterocycles. The van der Waals surface area contributed by atoms with Crippen molar-refractivity contribution in [3.8, 4) is 21.9 Å². The Bertz CT molecular complexity index is 1410. The number of anilines is 1. The van der Waals surface area contributed by atoms with E-state index < -0.39 is 11.6 Å². The Morgan fingerprint density at radius 3 is 2.64 bits per heavy atom. The fraction of sp³-hybridized carbons (Fsp3) is 0.0800. The SMILES string of the molecule is O=C(CCc1ncc(-c2ccc(F)cc2F)o1)Nc1ccc(-c2nc3ccccc3s2)cc1. The van der Waals surface area contributed by atoms with Crippen molar-refractivity contribution in [2.75, 3.05) is 5.32 Å². The molecular weight excluding hydrogens is 444 g/mol. The lowest BCUT2D eigenvalue weighted by Gasteiger charge is -2.05. The molecule has 0 saturated carbocycles. The van der Waals surface area contributed by atoms with Crippen molar-refractivity contribution in [2.24, 2.45) is 0 Å². The fourth-order valence-corrected chi connectivity index (χ4v) is 4.35. The van der Waals surface area contributed by atoms with Crippen molar-refractivity contribution < 1.29 is 18.0 Å². The molecule has 0 unspecified atom stereocenters. The molecule has 5 rings (SSSR count). The maximum absolute atomic E-state index is 13.9. The van der Waals surface area contributed by atoms with Crippen molar-refractivity contribution in [1.29, 1.82) is 0 Å². The quantitative estimate of drug-likeness (QED) is 0.315. The summed E-state index contributed by atoms with van der Waals surface area (Å²) in [7, 11) is 0. The number of carbonyl (C=O) groups is 1. The van der Waals surface area contributed by atoms with Crippen molar-refractivity contribution in [1.82, 2.24) is 9.97 Å². The Hall–Kier alpha value is -3.91. The Kier molecular flexibility index (Phi) is 5.66. The van der Waals surface area contributed by atoms with Gasteiger partial charge in [0.15, 0.2) is 11.7 Å². The van der Waals surface area contributed by atoms with Gasteiger partial charge >= 0.3 is 0 Å². The molecule has 164 valence electrons. The van der Waals surface area contributed by atoms with Crippen LogP contribution in [0.25, 0.3) is 32.1 Å². The lowest BCUT2D eigenvalue weighted by molar-refractivity contribution is -0.116. The molecule has 0 fully saturated rings. The van der Waals surface area contributed by atoms with Crippen LogP contribution < -0.4 is 5.32 Å². The minimum absolute atomic E-state index is 0.118. The highest BCUT2D eigenvalue weighted by Gasteiger charge is 2.13. The number of hydrogen-bond acceptors (Lipinski definition) is 5. The Morgan fingerprint density at radius 1 is 1.03 bits per heavy atom. The number of carbonyl (C=O) groups excluding carboxylic acids is 1. The molecule has 5 nitrogen and oxygen atoms in total. The molecule has 0 radical (unpaired) electrons. The number of para-hydroxylation sites is 1. The molecule has 0 aliphatic heterocycles. The predicted octanol–water partition coefficient (Wildman–Crippen LogP) is 6.47. The Labute approximate surface area is 191 Å². The Balaban J connectivity index is 1.19. The van der Waals surface area contributed by atoms with Crippen molar-refractivity contribution >= 4 is 33.1 Å². The van der Waals surface area contributed by atoms with E-state index >= 15 is 0 Å². The largest absolute Gasteiger partial charge is 0.441 e. The molecule has 0 spiro atoms. The topological polar surface area (TPSA) is 68.0 Å². The molecule has 0 bridgehead atoms. The number of aryl methyl sites for hydroxylation is 1. The van der Waals surface area contributed by atoms with E-state index in [1.165, 1.54) is 12.3 Å². The first-order valence-corrected chi connectivity index (χ1v) is 11.0. The Morgan fingerprint density at radius 2 is 1.85 bits per heavy atom. The normalized spacial score (nSPS) is 11.1. The van der Waals surface area contributed by atoms with Crippen LogP contribution in [-0.2, 0) is 11.2 Å². The third-order valence-electron chi connectivity index (χ3n) is 5.03. The highest BCUT2D eigenvalue weighted by Crippen LogP contribution is 2.30. The van der Waals surface area contributed by atoms with E-state index in [1.807, 2.05) is 48.5 Å². The minimum Gasteiger partial charge on any atom is -0.441 e. The van der Waals surface area contributed by atoms with Gasteiger partial charge in [-0.15, -0.1) is 11.3 Å². The number of amides is 1. The molecule has 0 saturated heterocycles. The van der Waals surface area contributed by atoms with Crippen LogP contribution in [0, 0.1) is 11.6 Å². The van der Waals surface area contributed by atoms with E-state index in [1.54, 1.807) is 11.3 Å². The van der Waals surface area contributed by atoms with Gasteiger partial charge in [0, 0.05) is 30.2 Å². The zero-order chi connectivity index (χ0) is 22.8. The fourth-order valence-electron chi connectivity index (χ4n) is 3.38. The smallest absolute Gasteiger partial charge is 0.224 e. The van der Waals surface area contributed by atoms with Crippen LogP contribution >= 0.6 is 11.3 Å². The molecule has 1 N–H and O–H groups in total. The summed E-state index contributed by atoms with van der Waals surface area (Å²) in [6, 6.07) is 18.7. The van der Waals surface area contributed by atoms with E-state index in [-0.39, 0.29) is 30.1 Å². The van der Waals surface area contributed by atoms with Crippen LogP contribution in [0.2, 0.25) is 0 Å². The minimum atomic E-state index is -0.732. The maximum atomic E-state index is 13.9. The number of fused-ring (bicyclic) bond motifs is 1. The summed E-state index contributed by atoms with van der Waals surface area (Å²) < 4.78 is 33.6. The van der Waals surface area contributed by atoms with Gasteiger partial charge < -0.3 is 9.73 Å². The third-order valence-corrected chi connectivity index (χ3v) is 6.11. The zero-order valence-corrected chi connectivity index (χ0v) is 18.0. The molecule has 0 aliphatic carbocycles. The predicted molar refractivity (Wildman–Crippen MR) is 124 cm³/mol. The van der Waals surface area contributed by atoms with Gasteiger partial charge in [-0.25, -0.2) is 18.7 Å². The van der Waals surface area contributed by atoms with Crippen LogP contribution in [0.1, 0.15) is 12.3 Å². The summed E-state index contributed by atoms with van der Waals surface area (Å²) in [5.74, 6) is -1.11. The average Bonchev–Trinajstić information content (AvgIpc) is 3.45. The molecule has 0 aliphatic rings. The molecule has 2 heterocycles. The number of oxazole rings is 1. The van der Waals surface area contributed by atoms with Crippen molar-refractivity contribution in [3.63, 3.8) is 0 Å². The molecule has 8 heteroatoms. The van der Waals surface area contributed by atoms with E-state index in [9.17, 15) is 13.6 Å². The van der Waals surface area contributed by atoms with Gasteiger partial charge in [-0.2, -0.15) is 0 Å². The monoisotopic (exact) mass is 461 g/mol. The van der Waals surface area contributed by atoms with Gasteiger partial charge in [0.1, 0.15) is 16.6 Å². The van der Waals surface area contributed by atoms with Gasteiger partial charge in [-0.3, -0.25) is 4.79 Å². The van der Waals surface area contributed by atoms with Gasteiger partial charge in [0.05, 0.1) is 22.0 Å². The lowest BCUT2D eigenvalue weighted by Crippen LogP contribution is -2.12. The number of aromatic nitrogens is 2. The number of rotatable bonds is 6. The summed E-state index contributed by atoms with van der Waals surface area (Å²) in [4.78, 5) is 21.1. The van der Waals surface area contributed by atoms with Gasteiger partial charge in [0.25, 0.3) is 0 Å². The first-order valence-electron chi connectivity index (χ1n) is 10.2. The summed E-state index contributed by atoms with van der Waals surface area (Å²) >= 11 is 1.62. The van der Waals surface area contributed by atoms with Gasteiger partial charge in [-0.1, -0.05) is 12.1 Å². The zero-order valence-electron chi connectivity index (χ0n) is 17.2. The summed E-state index contributed by atoms with van der Waals surface area (Å²) in [5, 5.41) is 3.77. The molecule has 0 atom stereocenters. The molecule has 5 aromatic rings. The van der Waals surface area contributed by atoms with Crippen LogP contribution in [-0.4, -0.2) is 15.9 Å². The van der Waals surface area contributed by atoms with Crippen LogP contribution in [0.4, 0.5) is 14.5 Å². The van der Waals surface area contributed by atoms with Crippen LogP contribution in [0.3, 0.4) is 0 Å². The second-order valence-electron chi connectivity index (χ2n) is 7.35. The van der Waals surface area contributed by atoms with Gasteiger partial charge in [0.2, 0.25) is 5.91 Å². The lowest BCUT2D eigenvalue weighted by atomic mass is 10.2. The van der Waals surface area contributed by atoms with E-state index in [4.69, 9.17) is 4.42 Å².